The molecule has 2 N–H and O–H groups in total. The molecule has 1 rings (SSSR count). The molecule has 0 aromatic heterocycles. The van der Waals surface area contributed by atoms with Crippen LogP contribution in [0.25, 0.3) is 6.08 Å². The van der Waals surface area contributed by atoms with E-state index in [1.807, 2.05) is 24.3 Å². The van der Waals surface area contributed by atoms with Crippen LogP contribution in [0.3, 0.4) is 0 Å². The summed E-state index contributed by atoms with van der Waals surface area (Å²) in [5.74, 6) is 0.556. The highest BCUT2D eigenvalue weighted by atomic mass is 32.1. The Morgan fingerprint density at radius 2 is 1.87 bits per heavy atom. The van der Waals surface area contributed by atoms with Crippen LogP contribution < -0.4 is 15.4 Å². The molecule has 5 heteroatoms. The summed E-state index contributed by atoms with van der Waals surface area (Å²) < 4.78 is 5.09. The van der Waals surface area contributed by atoms with Crippen LogP contribution in [0.4, 0.5) is 0 Å². The summed E-state index contributed by atoms with van der Waals surface area (Å²) in [6, 6.07) is 7.47. The van der Waals surface area contributed by atoms with E-state index >= 15 is 0 Å². The molecular formula is C18H26N2O2S. The van der Waals surface area contributed by atoms with E-state index in [0.717, 1.165) is 24.3 Å². The quantitative estimate of drug-likeness (QED) is 0.411. The molecule has 0 atom stereocenters. The molecule has 0 unspecified atom stereocenters. The van der Waals surface area contributed by atoms with Gasteiger partial charge in [0.25, 0.3) is 0 Å². The van der Waals surface area contributed by atoms with Gasteiger partial charge < -0.3 is 10.1 Å². The van der Waals surface area contributed by atoms with E-state index in [0.29, 0.717) is 5.11 Å². The monoisotopic (exact) mass is 334 g/mol. The van der Waals surface area contributed by atoms with Gasteiger partial charge in [-0.1, -0.05) is 44.7 Å². The Labute approximate surface area is 144 Å². The summed E-state index contributed by atoms with van der Waals surface area (Å²) in [6.07, 6.45) is 9.23. The number of ether oxygens (including phenoxy) is 1. The summed E-state index contributed by atoms with van der Waals surface area (Å²) in [4.78, 5) is 11.8. The molecule has 0 radical (unpaired) electrons. The Morgan fingerprint density at radius 1 is 1.17 bits per heavy atom. The van der Waals surface area contributed by atoms with Crippen molar-refractivity contribution < 1.29 is 9.53 Å². The van der Waals surface area contributed by atoms with Gasteiger partial charge in [-0.15, -0.1) is 0 Å². The van der Waals surface area contributed by atoms with Crippen molar-refractivity contribution in [3.8, 4) is 5.75 Å². The lowest BCUT2D eigenvalue weighted by Gasteiger charge is -2.07. The SMILES string of the molecule is CCCCCCCNC(=S)NC(=O)C=Cc1ccc(OC)cc1. The number of carbonyl (C=O) groups is 1. The number of benzene rings is 1. The number of nitrogens with one attached hydrogen (secondary N) is 2. The van der Waals surface area contributed by atoms with E-state index in [-0.39, 0.29) is 5.91 Å². The molecule has 126 valence electrons. The van der Waals surface area contributed by atoms with Crippen LogP contribution in [-0.2, 0) is 4.79 Å². The highest BCUT2D eigenvalue weighted by molar-refractivity contribution is 7.80. The average molecular weight is 334 g/mol. The van der Waals surface area contributed by atoms with Gasteiger partial charge in [0, 0.05) is 12.6 Å². The molecule has 0 fully saturated rings. The fourth-order valence-corrected chi connectivity index (χ4v) is 2.22. The first-order valence-corrected chi connectivity index (χ1v) is 8.47. The van der Waals surface area contributed by atoms with Gasteiger partial charge in [0.2, 0.25) is 5.91 Å². The van der Waals surface area contributed by atoms with E-state index in [1.165, 1.54) is 31.8 Å². The van der Waals surface area contributed by atoms with Gasteiger partial charge in [-0.05, 0) is 42.4 Å². The highest BCUT2D eigenvalue weighted by Crippen LogP contribution is 2.12. The maximum atomic E-state index is 11.8. The third-order valence-corrected chi connectivity index (χ3v) is 3.59. The smallest absolute Gasteiger partial charge is 0.250 e. The predicted octanol–water partition coefficient (Wildman–Crippen LogP) is 3.67. The van der Waals surface area contributed by atoms with Crippen molar-refractivity contribution in [3.05, 3.63) is 35.9 Å². The Kier molecular flexibility index (Phi) is 9.71. The van der Waals surface area contributed by atoms with Crippen LogP contribution in [0, 0.1) is 0 Å². The number of carbonyl (C=O) groups excluding carboxylic acids is 1. The molecular weight excluding hydrogens is 308 g/mol. The van der Waals surface area contributed by atoms with Crippen molar-refractivity contribution in [1.82, 2.24) is 10.6 Å². The number of thiocarbonyl (C=S) groups is 1. The fraction of sp³-hybridized carbons (Fsp3) is 0.444. The Balaban J connectivity index is 2.23. The molecule has 0 bridgehead atoms. The standard InChI is InChI=1S/C18H26N2O2S/c1-3-4-5-6-7-14-19-18(23)20-17(21)13-10-15-8-11-16(22-2)12-9-15/h8-13H,3-7,14H2,1-2H3,(H2,19,20,21,23). The largest absolute Gasteiger partial charge is 0.497 e. The van der Waals surface area contributed by atoms with Gasteiger partial charge in [-0.25, -0.2) is 0 Å². The topological polar surface area (TPSA) is 50.4 Å². The second-order valence-corrected chi connectivity index (χ2v) is 5.67. The van der Waals surface area contributed by atoms with Crippen molar-refractivity contribution in [2.75, 3.05) is 13.7 Å². The van der Waals surface area contributed by atoms with Gasteiger partial charge in [0.15, 0.2) is 5.11 Å². The number of rotatable bonds is 9. The average Bonchev–Trinajstić information content (AvgIpc) is 2.56. The summed E-state index contributed by atoms with van der Waals surface area (Å²) in [7, 11) is 1.62. The molecule has 0 saturated heterocycles. The lowest BCUT2D eigenvalue weighted by atomic mass is 10.1. The summed E-state index contributed by atoms with van der Waals surface area (Å²) in [5.41, 5.74) is 0.927. The number of hydrogen-bond acceptors (Lipinski definition) is 3. The van der Waals surface area contributed by atoms with Crippen LogP contribution in [0.15, 0.2) is 30.3 Å². The van der Waals surface area contributed by atoms with Crippen molar-refractivity contribution in [1.29, 1.82) is 0 Å². The van der Waals surface area contributed by atoms with Crippen molar-refractivity contribution in [2.45, 2.75) is 39.0 Å². The van der Waals surface area contributed by atoms with Gasteiger partial charge in [0.1, 0.15) is 5.75 Å². The van der Waals surface area contributed by atoms with Crippen LogP contribution in [0.1, 0.15) is 44.6 Å². The first kappa shape index (κ1) is 19.2. The van der Waals surface area contributed by atoms with Gasteiger partial charge in [-0.3, -0.25) is 10.1 Å². The van der Waals surface area contributed by atoms with Crippen LogP contribution >= 0.6 is 12.2 Å². The van der Waals surface area contributed by atoms with E-state index in [1.54, 1.807) is 13.2 Å². The zero-order chi connectivity index (χ0) is 16.9. The van der Waals surface area contributed by atoms with Crippen LogP contribution in [0.2, 0.25) is 0 Å². The van der Waals surface area contributed by atoms with E-state index in [2.05, 4.69) is 17.6 Å². The number of methoxy groups -OCH3 is 1. The predicted molar refractivity (Wildman–Crippen MR) is 99.5 cm³/mol. The third kappa shape index (κ3) is 8.98. The minimum absolute atomic E-state index is 0.232. The van der Waals surface area contributed by atoms with Crippen molar-refractivity contribution in [3.63, 3.8) is 0 Å². The maximum Gasteiger partial charge on any atom is 0.250 e. The molecule has 1 aromatic carbocycles. The molecule has 0 spiro atoms. The first-order valence-electron chi connectivity index (χ1n) is 8.06. The zero-order valence-electron chi connectivity index (χ0n) is 13.9. The zero-order valence-corrected chi connectivity index (χ0v) is 14.7. The number of unbranched alkanes of at least 4 members (excludes halogenated alkanes) is 4. The first-order chi connectivity index (χ1) is 11.2. The third-order valence-electron chi connectivity index (χ3n) is 3.35. The molecule has 1 amide bonds. The molecule has 0 aliphatic carbocycles. The molecule has 0 heterocycles. The number of amides is 1. The van der Waals surface area contributed by atoms with Gasteiger partial charge in [0.05, 0.1) is 7.11 Å². The van der Waals surface area contributed by atoms with E-state index < -0.39 is 0 Å². The summed E-state index contributed by atoms with van der Waals surface area (Å²) in [6.45, 7) is 2.99. The van der Waals surface area contributed by atoms with Gasteiger partial charge >= 0.3 is 0 Å². The van der Waals surface area contributed by atoms with Crippen molar-refractivity contribution >= 4 is 29.3 Å². The lowest BCUT2D eigenvalue weighted by molar-refractivity contribution is -0.115. The van der Waals surface area contributed by atoms with E-state index in [4.69, 9.17) is 17.0 Å². The van der Waals surface area contributed by atoms with Crippen LogP contribution in [-0.4, -0.2) is 24.7 Å². The molecule has 0 aliphatic heterocycles. The second-order valence-electron chi connectivity index (χ2n) is 5.27. The minimum atomic E-state index is -0.232. The minimum Gasteiger partial charge on any atom is -0.497 e. The summed E-state index contributed by atoms with van der Waals surface area (Å²) >= 11 is 5.10. The second kappa shape index (κ2) is 11.7. The normalized spacial score (nSPS) is 10.5. The Hall–Kier alpha value is -1.88. The summed E-state index contributed by atoms with van der Waals surface area (Å²) in [5, 5.41) is 6.08. The van der Waals surface area contributed by atoms with Crippen molar-refractivity contribution in [2.24, 2.45) is 0 Å². The van der Waals surface area contributed by atoms with E-state index in [9.17, 15) is 4.79 Å². The maximum absolute atomic E-state index is 11.8. The molecule has 0 saturated carbocycles. The molecule has 0 aliphatic rings. The number of hydrogen-bond donors (Lipinski definition) is 2. The van der Waals surface area contributed by atoms with Crippen LogP contribution in [0.5, 0.6) is 5.75 Å². The highest BCUT2D eigenvalue weighted by Gasteiger charge is 2.00. The lowest BCUT2D eigenvalue weighted by Crippen LogP contribution is -2.38. The fourth-order valence-electron chi connectivity index (χ4n) is 2.02. The molecule has 23 heavy (non-hydrogen) atoms. The Morgan fingerprint density at radius 3 is 2.52 bits per heavy atom. The molecule has 4 nitrogen and oxygen atoms in total. The Bertz CT molecular complexity index is 512. The molecule has 1 aromatic rings. The van der Waals surface area contributed by atoms with Gasteiger partial charge in [-0.2, -0.15) is 0 Å².